The predicted octanol–water partition coefficient (Wildman–Crippen LogP) is 4.38. The molecular weight excluding hydrogens is 350 g/mol. The second kappa shape index (κ2) is 7.89. The summed E-state index contributed by atoms with van der Waals surface area (Å²) in [5.41, 5.74) is 4.80. The number of aromatic nitrogens is 2. The Hall–Kier alpha value is -3.08. The smallest absolute Gasteiger partial charge is 0.262 e. The van der Waals surface area contributed by atoms with Crippen LogP contribution in [-0.4, -0.2) is 22.3 Å². The number of benzene rings is 2. The quantitative estimate of drug-likeness (QED) is 0.693. The fraction of sp³-hybridized carbons (Fsp3) is 0.304. The van der Waals surface area contributed by atoms with Crippen molar-refractivity contribution in [3.05, 3.63) is 77.1 Å². The van der Waals surface area contributed by atoms with Gasteiger partial charge in [0.15, 0.2) is 6.61 Å². The molecule has 146 valence electrons. The summed E-state index contributed by atoms with van der Waals surface area (Å²) in [5.74, 6) is 0.468. The van der Waals surface area contributed by atoms with Crippen molar-refractivity contribution in [1.29, 1.82) is 0 Å². The van der Waals surface area contributed by atoms with E-state index >= 15 is 0 Å². The fourth-order valence-corrected chi connectivity index (χ4v) is 3.27. The monoisotopic (exact) mass is 377 g/mol. The lowest BCUT2D eigenvalue weighted by atomic mass is 9.78. The van der Waals surface area contributed by atoms with Crippen molar-refractivity contribution in [3.63, 3.8) is 0 Å². The molecule has 0 atom stereocenters. The summed E-state index contributed by atoms with van der Waals surface area (Å²) < 4.78 is 7.41. The van der Waals surface area contributed by atoms with Crippen LogP contribution in [0.2, 0.25) is 0 Å². The lowest BCUT2D eigenvalue weighted by molar-refractivity contribution is -0.118. The van der Waals surface area contributed by atoms with Crippen molar-refractivity contribution < 1.29 is 9.53 Å². The molecule has 5 nitrogen and oxygen atoms in total. The Morgan fingerprint density at radius 2 is 1.64 bits per heavy atom. The van der Waals surface area contributed by atoms with Crippen LogP contribution in [0.4, 0.5) is 5.69 Å². The third-order valence-electron chi connectivity index (χ3n) is 5.21. The maximum atomic E-state index is 12.2. The fourth-order valence-electron chi connectivity index (χ4n) is 3.27. The van der Waals surface area contributed by atoms with Gasteiger partial charge in [0.2, 0.25) is 0 Å². The summed E-state index contributed by atoms with van der Waals surface area (Å²) in [4.78, 5) is 12.2. The topological polar surface area (TPSA) is 56.2 Å². The summed E-state index contributed by atoms with van der Waals surface area (Å²) in [6.45, 7) is 8.14. The first-order valence-corrected chi connectivity index (χ1v) is 9.38. The van der Waals surface area contributed by atoms with E-state index in [4.69, 9.17) is 4.74 Å². The molecule has 3 rings (SSSR count). The van der Waals surface area contributed by atoms with E-state index in [-0.39, 0.29) is 17.9 Å². The summed E-state index contributed by atoms with van der Waals surface area (Å²) in [7, 11) is 1.85. The van der Waals surface area contributed by atoms with Crippen LogP contribution in [0.25, 0.3) is 0 Å². The summed E-state index contributed by atoms with van der Waals surface area (Å²) in [5, 5.41) is 7.18. The molecule has 0 aliphatic heterocycles. The van der Waals surface area contributed by atoms with Gasteiger partial charge in [0, 0.05) is 12.5 Å². The minimum Gasteiger partial charge on any atom is -0.484 e. The van der Waals surface area contributed by atoms with Crippen molar-refractivity contribution in [1.82, 2.24) is 9.78 Å². The number of anilines is 1. The average Bonchev–Trinajstić information content (AvgIpc) is 2.93. The molecule has 0 fully saturated rings. The van der Waals surface area contributed by atoms with E-state index in [1.165, 1.54) is 11.1 Å². The van der Waals surface area contributed by atoms with Gasteiger partial charge in [0.1, 0.15) is 5.75 Å². The normalized spacial score (nSPS) is 11.3. The Morgan fingerprint density at radius 3 is 2.21 bits per heavy atom. The number of carbonyl (C=O) groups excluding carboxylic acids is 1. The van der Waals surface area contributed by atoms with Gasteiger partial charge in [-0.15, -0.1) is 0 Å². The zero-order valence-corrected chi connectivity index (χ0v) is 17.1. The van der Waals surface area contributed by atoms with E-state index in [9.17, 15) is 4.79 Å². The largest absolute Gasteiger partial charge is 0.484 e. The van der Waals surface area contributed by atoms with Crippen LogP contribution in [-0.2, 0) is 17.3 Å². The van der Waals surface area contributed by atoms with Gasteiger partial charge in [-0.3, -0.25) is 9.48 Å². The number of aryl methyl sites for hydroxylation is 2. The molecule has 2 aromatic carbocycles. The number of rotatable bonds is 6. The zero-order valence-electron chi connectivity index (χ0n) is 17.1. The van der Waals surface area contributed by atoms with E-state index < -0.39 is 0 Å². The van der Waals surface area contributed by atoms with E-state index in [0.717, 1.165) is 17.1 Å². The number of nitrogens with zero attached hydrogens (tertiary/aromatic N) is 2. The minimum atomic E-state index is -0.201. The highest BCUT2D eigenvalue weighted by Gasteiger charge is 2.22. The Bertz CT molecular complexity index is 958. The molecule has 28 heavy (non-hydrogen) atoms. The third-order valence-corrected chi connectivity index (χ3v) is 5.21. The Morgan fingerprint density at radius 1 is 1.04 bits per heavy atom. The highest BCUT2D eigenvalue weighted by molar-refractivity contribution is 5.93. The predicted molar refractivity (Wildman–Crippen MR) is 112 cm³/mol. The molecule has 0 bridgehead atoms. The number of hydrogen-bond donors (Lipinski definition) is 1. The van der Waals surface area contributed by atoms with E-state index in [0.29, 0.717) is 5.75 Å². The van der Waals surface area contributed by atoms with Crippen molar-refractivity contribution in [2.45, 2.75) is 33.1 Å². The number of nitrogens with one attached hydrogen (secondary N) is 1. The second-order valence-electron chi connectivity index (χ2n) is 7.52. The van der Waals surface area contributed by atoms with Crippen LogP contribution in [0.1, 0.15) is 36.4 Å². The number of hydrogen-bond acceptors (Lipinski definition) is 3. The molecule has 0 unspecified atom stereocenters. The summed E-state index contributed by atoms with van der Waals surface area (Å²) in [6, 6.07) is 18.3. The Labute approximate surface area is 166 Å². The average molecular weight is 377 g/mol. The number of carbonyl (C=O) groups is 1. The van der Waals surface area contributed by atoms with Gasteiger partial charge in [0.25, 0.3) is 5.91 Å². The van der Waals surface area contributed by atoms with Crippen LogP contribution in [0.5, 0.6) is 5.75 Å². The summed E-state index contributed by atoms with van der Waals surface area (Å²) >= 11 is 0. The molecule has 1 heterocycles. The molecular formula is C23H27N3O2. The molecule has 1 amide bonds. The van der Waals surface area contributed by atoms with Crippen LogP contribution < -0.4 is 10.1 Å². The van der Waals surface area contributed by atoms with Gasteiger partial charge >= 0.3 is 0 Å². The van der Waals surface area contributed by atoms with Crippen LogP contribution in [0, 0.1) is 13.8 Å². The van der Waals surface area contributed by atoms with Crippen LogP contribution >= 0.6 is 0 Å². The Balaban J connectivity index is 1.62. The van der Waals surface area contributed by atoms with E-state index in [1.807, 2.05) is 39.1 Å². The van der Waals surface area contributed by atoms with Gasteiger partial charge in [0.05, 0.1) is 17.1 Å². The van der Waals surface area contributed by atoms with E-state index in [2.05, 4.69) is 60.7 Å². The van der Waals surface area contributed by atoms with Gasteiger partial charge in [-0.2, -0.15) is 5.10 Å². The van der Waals surface area contributed by atoms with Gasteiger partial charge in [-0.25, -0.2) is 0 Å². The molecule has 0 aliphatic rings. The highest BCUT2D eigenvalue weighted by atomic mass is 16.5. The highest BCUT2D eigenvalue weighted by Crippen LogP contribution is 2.32. The molecule has 5 heteroatoms. The van der Waals surface area contributed by atoms with Crippen LogP contribution in [0.15, 0.2) is 54.6 Å². The zero-order chi connectivity index (χ0) is 20.3. The SMILES string of the molecule is Cc1nn(C)c(C)c1NC(=O)COc1ccc(C(C)(C)c2ccccc2)cc1. The number of amides is 1. The second-order valence-corrected chi connectivity index (χ2v) is 7.52. The van der Waals surface area contributed by atoms with Gasteiger partial charge < -0.3 is 10.1 Å². The van der Waals surface area contributed by atoms with Gasteiger partial charge in [-0.1, -0.05) is 56.3 Å². The van der Waals surface area contributed by atoms with Crippen molar-refractivity contribution in [2.24, 2.45) is 7.05 Å². The molecule has 0 saturated heterocycles. The van der Waals surface area contributed by atoms with Crippen molar-refractivity contribution >= 4 is 11.6 Å². The maximum Gasteiger partial charge on any atom is 0.262 e. The Kier molecular flexibility index (Phi) is 5.54. The first-order valence-electron chi connectivity index (χ1n) is 9.38. The molecule has 1 aromatic heterocycles. The standard InChI is InChI=1S/C23H27N3O2/c1-16-22(17(2)26(5)25-16)24-21(27)15-28-20-13-11-19(12-14-20)23(3,4)18-9-7-6-8-10-18/h6-14H,15H2,1-5H3,(H,24,27). The first kappa shape index (κ1) is 19.7. The third kappa shape index (κ3) is 4.09. The maximum absolute atomic E-state index is 12.2. The molecule has 3 aromatic rings. The molecule has 0 radical (unpaired) electrons. The first-order chi connectivity index (χ1) is 13.3. The minimum absolute atomic E-state index is 0.0464. The van der Waals surface area contributed by atoms with Crippen molar-refractivity contribution in [2.75, 3.05) is 11.9 Å². The van der Waals surface area contributed by atoms with Gasteiger partial charge in [-0.05, 0) is 37.1 Å². The molecule has 1 N–H and O–H groups in total. The molecule has 0 spiro atoms. The van der Waals surface area contributed by atoms with Crippen molar-refractivity contribution in [3.8, 4) is 5.75 Å². The van der Waals surface area contributed by atoms with E-state index in [1.54, 1.807) is 4.68 Å². The summed E-state index contributed by atoms with van der Waals surface area (Å²) in [6.07, 6.45) is 0. The number of ether oxygens (including phenoxy) is 1. The lowest BCUT2D eigenvalue weighted by Crippen LogP contribution is -2.21. The van der Waals surface area contributed by atoms with Crippen LogP contribution in [0.3, 0.4) is 0 Å². The lowest BCUT2D eigenvalue weighted by Gasteiger charge is -2.26. The molecule has 0 aliphatic carbocycles. The molecule has 0 saturated carbocycles.